The van der Waals surface area contributed by atoms with Gasteiger partial charge in [-0.1, -0.05) is 65.5 Å². The number of likely N-dealkylation sites (N-methyl/N-ethyl adjacent to an activating group) is 1. The molecule has 0 amide bonds. The van der Waals surface area contributed by atoms with E-state index in [0.717, 1.165) is 66.1 Å². The van der Waals surface area contributed by atoms with Crippen molar-refractivity contribution in [2.24, 2.45) is 46.3 Å². The van der Waals surface area contributed by atoms with Crippen LogP contribution in [0.25, 0.3) is 0 Å². The fourth-order valence-electron chi connectivity index (χ4n) is 9.64. The molecule has 0 heterocycles. The lowest BCUT2D eigenvalue weighted by molar-refractivity contribution is -0.891. The van der Waals surface area contributed by atoms with Gasteiger partial charge in [-0.3, -0.25) is 0 Å². The number of hydrogen-bond donors (Lipinski definition) is 1. The van der Waals surface area contributed by atoms with E-state index < -0.39 is 0 Å². The Hall–Kier alpha value is -0.380. The Bertz CT molecular complexity index is 759. The van der Waals surface area contributed by atoms with E-state index in [4.69, 9.17) is 4.74 Å². The van der Waals surface area contributed by atoms with E-state index >= 15 is 0 Å². The van der Waals surface area contributed by atoms with E-state index in [2.05, 4.69) is 54.8 Å². The number of aliphatic hydroxyl groups is 1. The van der Waals surface area contributed by atoms with Crippen LogP contribution in [0.15, 0.2) is 11.6 Å². The first-order chi connectivity index (χ1) is 17.0. The van der Waals surface area contributed by atoms with Crippen molar-refractivity contribution < 1.29 is 14.3 Å². The summed E-state index contributed by atoms with van der Waals surface area (Å²) in [5.74, 6) is 5.46. The van der Waals surface area contributed by atoms with Gasteiger partial charge in [-0.2, -0.15) is 0 Å². The molecule has 0 saturated heterocycles. The van der Waals surface area contributed by atoms with Gasteiger partial charge < -0.3 is 14.3 Å². The molecule has 4 aliphatic rings. The van der Waals surface area contributed by atoms with Crippen LogP contribution in [0.4, 0.5) is 0 Å². The molecular weight excluding hydrogens is 442 g/mol. The molecule has 0 aromatic rings. The highest BCUT2D eigenvalue weighted by molar-refractivity contribution is 5.25. The number of hydrogen-bond acceptors (Lipinski definition) is 2. The first-order valence-electron chi connectivity index (χ1n) is 15.7. The molecule has 0 aromatic heterocycles. The smallest absolute Gasteiger partial charge is 0.102 e. The molecule has 0 aromatic carbocycles. The average Bonchev–Trinajstić information content (AvgIpc) is 3.16. The van der Waals surface area contributed by atoms with E-state index in [9.17, 15) is 5.11 Å². The van der Waals surface area contributed by atoms with Gasteiger partial charge >= 0.3 is 0 Å². The highest BCUT2D eigenvalue weighted by Gasteiger charge is 2.59. The number of fused-ring (bicyclic) bond motifs is 5. The van der Waals surface area contributed by atoms with E-state index in [1.54, 1.807) is 5.57 Å². The minimum absolute atomic E-state index is 0.252. The molecule has 3 heteroatoms. The summed E-state index contributed by atoms with van der Waals surface area (Å²) in [4.78, 5) is 0. The maximum absolute atomic E-state index is 9.31. The van der Waals surface area contributed by atoms with Crippen molar-refractivity contribution in [3.63, 3.8) is 0 Å². The Morgan fingerprint density at radius 2 is 1.78 bits per heavy atom. The molecule has 3 saturated carbocycles. The fourth-order valence-corrected chi connectivity index (χ4v) is 9.64. The van der Waals surface area contributed by atoms with Crippen molar-refractivity contribution in [3.8, 4) is 0 Å². The highest BCUT2D eigenvalue weighted by Crippen LogP contribution is 2.67. The molecule has 208 valence electrons. The normalized spacial score (nSPS) is 39.4. The van der Waals surface area contributed by atoms with Crippen LogP contribution in [0, 0.1) is 46.3 Å². The second kappa shape index (κ2) is 11.4. The summed E-state index contributed by atoms with van der Waals surface area (Å²) in [7, 11) is 4.39. The third kappa shape index (κ3) is 5.79. The quantitative estimate of drug-likeness (QED) is 0.234. The molecule has 3 fully saturated rings. The van der Waals surface area contributed by atoms with Crippen LogP contribution < -0.4 is 0 Å². The molecule has 4 aliphatic carbocycles. The largest absolute Gasteiger partial charge is 0.391 e. The third-order valence-corrected chi connectivity index (χ3v) is 12.0. The zero-order chi connectivity index (χ0) is 26.1. The molecule has 4 rings (SSSR count). The highest BCUT2D eigenvalue weighted by atomic mass is 16.5. The number of aliphatic hydroxyl groups excluding tert-OH is 1. The zero-order valence-corrected chi connectivity index (χ0v) is 25.0. The van der Waals surface area contributed by atoms with Crippen molar-refractivity contribution in [3.05, 3.63) is 11.6 Å². The Morgan fingerprint density at radius 1 is 1.00 bits per heavy atom. The van der Waals surface area contributed by atoms with Gasteiger partial charge in [-0.25, -0.2) is 0 Å². The second-order valence-corrected chi connectivity index (χ2v) is 15.1. The third-order valence-electron chi connectivity index (χ3n) is 12.0. The van der Waals surface area contributed by atoms with Gasteiger partial charge in [0.05, 0.1) is 33.4 Å². The van der Waals surface area contributed by atoms with Crippen molar-refractivity contribution in [2.75, 3.05) is 40.4 Å². The van der Waals surface area contributed by atoms with Gasteiger partial charge in [-0.05, 0) is 97.7 Å². The van der Waals surface area contributed by atoms with Gasteiger partial charge in [0.2, 0.25) is 0 Å². The lowest BCUT2D eigenvalue weighted by Gasteiger charge is -2.58. The molecular formula is C33H60NO2+. The zero-order valence-electron chi connectivity index (χ0n) is 25.0. The monoisotopic (exact) mass is 502 g/mol. The van der Waals surface area contributed by atoms with Crippen molar-refractivity contribution >= 4 is 0 Å². The van der Waals surface area contributed by atoms with E-state index in [0.29, 0.717) is 16.9 Å². The van der Waals surface area contributed by atoms with E-state index in [1.165, 1.54) is 64.2 Å². The maximum Gasteiger partial charge on any atom is 0.102 e. The van der Waals surface area contributed by atoms with E-state index in [-0.39, 0.29) is 6.61 Å². The lowest BCUT2D eigenvalue weighted by atomic mass is 9.47. The topological polar surface area (TPSA) is 29.5 Å². The van der Waals surface area contributed by atoms with Gasteiger partial charge in [0, 0.05) is 0 Å². The van der Waals surface area contributed by atoms with E-state index in [1.807, 2.05) is 0 Å². The van der Waals surface area contributed by atoms with Gasteiger partial charge in [0.15, 0.2) is 0 Å². The summed E-state index contributed by atoms with van der Waals surface area (Å²) in [6.45, 7) is 15.5. The summed E-state index contributed by atoms with van der Waals surface area (Å²) >= 11 is 0. The molecule has 0 aliphatic heterocycles. The Kier molecular flexibility index (Phi) is 9.05. The van der Waals surface area contributed by atoms with Crippen LogP contribution in [0.5, 0.6) is 0 Å². The van der Waals surface area contributed by atoms with Gasteiger partial charge in [0.25, 0.3) is 0 Å². The summed E-state index contributed by atoms with van der Waals surface area (Å²) < 4.78 is 7.27. The number of allylic oxidation sites excluding steroid dienone is 1. The molecule has 0 radical (unpaired) electrons. The molecule has 0 bridgehead atoms. The molecule has 8 atom stereocenters. The lowest BCUT2D eigenvalue weighted by Crippen LogP contribution is -2.51. The molecule has 0 spiro atoms. The molecule has 3 nitrogen and oxygen atoms in total. The van der Waals surface area contributed by atoms with Crippen molar-refractivity contribution in [1.82, 2.24) is 0 Å². The van der Waals surface area contributed by atoms with Crippen molar-refractivity contribution in [1.29, 1.82) is 0 Å². The molecule has 8 unspecified atom stereocenters. The van der Waals surface area contributed by atoms with Crippen LogP contribution in [0.1, 0.15) is 105 Å². The number of nitrogens with zero attached hydrogens (tertiary/aromatic N) is 1. The van der Waals surface area contributed by atoms with Crippen LogP contribution in [-0.4, -0.2) is 56.1 Å². The Labute approximate surface area is 224 Å². The van der Waals surface area contributed by atoms with Gasteiger partial charge in [0.1, 0.15) is 13.1 Å². The van der Waals surface area contributed by atoms with Crippen LogP contribution in [0.2, 0.25) is 0 Å². The van der Waals surface area contributed by atoms with Crippen LogP contribution in [-0.2, 0) is 4.74 Å². The summed E-state index contributed by atoms with van der Waals surface area (Å²) in [6.07, 6.45) is 18.3. The minimum Gasteiger partial charge on any atom is -0.391 e. The summed E-state index contributed by atoms with van der Waals surface area (Å²) in [5.41, 5.74) is 2.74. The number of ether oxygens (including phenoxy) is 1. The first-order valence-corrected chi connectivity index (χ1v) is 15.7. The molecule has 36 heavy (non-hydrogen) atoms. The average molecular weight is 503 g/mol. The van der Waals surface area contributed by atoms with Crippen molar-refractivity contribution in [2.45, 2.75) is 111 Å². The van der Waals surface area contributed by atoms with Crippen LogP contribution in [0.3, 0.4) is 0 Å². The number of rotatable bonds is 11. The first kappa shape index (κ1) is 28.6. The fraction of sp³-hybridized carbons (Fsp3) is 0.939. The van der Waals surface area contributed by atoms with Gasteiger partial charge in [-0.15, -0.1) is 0 Å². The Balaban J connectivity index is 1.37. The minimum atomic E-state index is 0.252. The standard InChI is InChI=1S/C33H60NO2/c1-24(2)9-8-10-25(3)29-13-14-30-28-12-11-26-23-27(36-22-20-34(6,7)19-21-35)15-17-32(26,4)31(28)16-18-33(29,30)5/h11,24-25,27-31,35H,8-10,12-23H2,1-7H3/q+1. The predicted molar refractivity (Wildman–Crippen MR) is 152 cm³/mol. The number of quaternary nitrogens is 1. The maximum atomic E-state index is 9.31. The van der Waals surface area contributed by atoms with Crippen LogP contribution >= 0.6 is 0 Å². The summed E-state index contributed by atoms with van der Waals surface area (Å²) in [5, 5.41) is 9.31. The summed E-state index contributed by atoms with van der Waals surface area (Å²) in [6, 6.07) is 0. The molecule has 1 N–H and O–H groups in total. The second-order valence-electron chi connectivity index (χ2n) is 15.1. The predicted octanol–water partition coefficient (Wildman–Crippen LogP) is 7.48. The SMILES string of the molecule is CC(C)CCCC(C)C1CCC2C3CC=C4CC(OCC[N+](C)(C)CCO)CCC4(C)C3CCC12C. The Morgan fingerprint density at radius 3 is 2.50 bits per heavy atom.